The van der Waals surface area contributed by atoms with E-state index in [0.29, 0.717) is 12.0 Å². The molecule has 1 saturated heterocycles. The standard InChI is InChI=1S/C14H28O2/c1-4-6-8-9-13-12(3)11-14(16-13)15-10-7-5-2/h12-14H,4-11H2,1-3H3. The number of ether oxygens (including phenoxy) is 2. The third-order valence-corrected chi connectivity index (χ3v) is 3.42. The Balaban J connectivity index is 2.14. The van der Waals surface area contributed by atoms with Gasteiger partial charge in [-0.1, -0.05) is 46.5 Å². The van der Waals surface area contributed by atoms with Crippen molar-refractivity contribution in [2.24, 2.45) is 5.92 Å². The molecule has 3 unspecified atom stereocenters. The molecule has 0 bridgehead atoms. The molecule has 0 radical (unpaired) electrons. The normalized spacial score (nSPS) is 29.8. The summed E-state index contributed by atoms with van der Waals surface area (Å²) in [6, 6.07) is 0. The molecule has 16 heavy (non-hydrogen) atoms. The van der Waals surface area contributed by atoms with Gasteiger partial charge in [0.2, 0.25) is 0 Å². The van der Waals surface area contributed by atoms with Crippen LogP contribution in [0.25, 0.3) is 0 Å². The Morgan fingerprint density at radius 1 is 1.12 bits per heavy atom. The van der Waals surface area contributed by atoms with E-state index in [-0.39, 0.29) is 6.29 Å². The Labute approximate surface area is 101 Å². The average Bonchev–Trinajstić information content (AvgIpc) is 2.61. The third-order valence-electron chi connectivity index (χ3n) is 3.42. The summed E-state index contributed by atoms with van der Waals surface area (Å²) in [5.74, 6) is 0.670. The van der Waals surface area contributed by atoms with Gasteiger partial charge in [-0.3, -0.25) is 0 Å². The highest BCUT2D eigenvalue weighted by Gasteiger charge is 2.31. The van der Waals surface area contributed by atoms with Crippen LogP contribution >= 0.6 is 0 Å². The van der Waals surface area contributed by atoms with Gasteiger partial charge in [-0.05, 0) is 18.8 Å². The van der Waals surface area contributed by atoms with E-state index in [1.807, 2.05) is 0 Å². The van der Waals surface area contributed by atoms with Gasteiger partial charge in [-0.25, -0.2) is 0 Å². The van der Waals surface area contributed by atoms with Crippen molar-refractivity contribution in [3.63, 3.8) is 0 Å². The second kappa shape index (κ2) is 8.08. The third kappa shape index (κ3) is 4.84. The van der Waals surface area contributed by atoms with Crippen molar-refractivity contribution < 1.29 is 9.47 Å². The van der Waals surface area contributed by atoms with E-state index in [1.165, 1.54) is 32.1 Å². The van der Waals surface area contributed by atoms with Gasteiger partial charge in [-0.2, -0.15) is 0 Å². The highest BCUT2D eigenvalue weighted by molar-refractivity contribution is 4.75. The maximum Gasteiger partial charge on any atom is 0.158 e. The Kier molecular flexibility index (Phi) is 7.06. The predicted octanol–water partition coefficient (Wildman–Crippen LogP) is 4.13. The molecule has 96 valence electrons. The lowest BCUT2D eigenvalue weighted by molar-refractivity contribution is -0.135. The van der Waals surface area contributed by atoms with Crippen LogP contribution in [0.3, 0.4) is 0 Å². The molecular formula is C14H28O2. The summed E-state index contributed by atoms with van der Waals surface area (Å²) in [5.41, 5.74) is 0. The minimum absolute atomic E-state index is 0.0770. The lowest BCUT2D eigenvalue weighted by Crippen LogP contribution is -2.16. The summed E-state index contributed by atoms with van der Waals surface area (Å²) in [6.45, 7) is 7.58. The summed E-state index contributed by atoms with van der Waals surface area (Å²) >= 11 is 0. The smallest absolute Gasteiger partial charge is 0.158 e. The minimum Gasteiger partial charge on any atom is -0.353 e. The lowest BCUT2D eigenvalue weighted by Gasteiger charge is -2.15. The van der Waals surface area contributed by atoms with Gasteiger partial charge in [0, 0.05) is 13.0 Å². The first-order valence-corrected chi connectivity index (χ1v) is 7.05. The summed E-state index contributed by atoms with van der Waals surface area (Å²) in [5, 5.41) is 0. The number of rotatable bonds is 8. The zero-order valence-electron chi connectivity index (χ0n) is 11.2. The Bertz CT molecular complexity index is 170. The van der Waals surface area contributed by atoms with Crippen LogP contribution in [0.15, 0.2) is 0 Å². The summed E-state index contributed by atoms with van der Waals surface area (Å²) in [7, 11) is 0. The van der Waals surface area contributed by atoms with E-state index in [9.17, 15) is 0 Å². The molecule has 2 nitrogen and oxygen atoms in total. The molecule has 0 N–H and O–H groups in total. The monoisotopic (exact) mass is 228 g/mol. The number of unbranched alkanes of at least 4 members (excludes halogenated alkanes) is 3. The SMILES string of the molecule is CCCCCC1OC(OCCCC)CC1C. The van der Waals surface area contributed by atoms with Gasteiger partial charge in [0.1, 0.15) is 0 Å². The molecule has 1 heterocycles. The molecule has 1 rings (SSSR count). The molecule has 2 heteroatoms. The number of hydrogen-bond acceptors (Lipinski definition) is 2. The number of hydrogen-bond donors (Lipinski definition) is 0. The zero-order valence-corrected chi connectivity index (χ0v) is 11.2. The van der Waals surface area contributed by atoms with Crippen LogP contribution in [0.4, 0.5) is 0 Å². The molecule has 1 aliphatic heterocycles. The second-order valence-electron chi connectivity index (χ2n) is 5.04. The van der Waals surface area contributed by atoms with Gasteiger partial charge in [0.05, 0.1) is 6.10 Å². The van der Waals surface area contributed by atoms with Crippen molar-refractivity contribution in [1.29, 1.82) is 0 Å². The van der Waals surface area contributed by atoms with Crippen molar-refractivity contribution in [2.45, 2.75) is 78.1 Å². The molecule has 3 atom stereocenters. The van der Waals surface area contributed by atoms with Crippen LogP contribution in [-0.4, -0.2) is 19.0 Å². The van der Waals surface area contributed by atoms with Crippen LogP contribution in [0.1, 0.15) is 65.7 Å². The average molecular weight is 228 g/mol. The highest BCUT2D eigenvalue weighted by Crippen LogP contribution is 2.30. The zero-order chi connectivity index (χ0) is 11.8. The summed E-state index contributed by atoms with van der Waals surface area (Å²) < 4.78 is 11.7. The molecular weight excluding hydrogens is 200 g/mol. The summed E-state index contributed by atoms with van der Waals surface area (Å²) in [4.78, 5) is 0. The highest BCUT2D eigenvalue weighted by atomic mass is 16.7. The topological polar surface area (TPSA) is 18.5 Å². The molecule has 0 spiro atoms. The molecule has 1 fully saturated rings. The Morgan fingerprint density at radius 3 is 2.56 bits per heavy atom. The van der Waals surface area contributed by atoms with Crippen LogP contribution < -0.4 is 0 Å². The van der Waals surface area contributed by atoms with E-state index in [0.717, 1.165) is 19.4 Å². The van der Waals surface area contributed by atoms with Gasteiger partial charge in [-0.15, -0.1) is 0 Å². The van der Waals surface area contributed by atoms with Gasteiger partial charge >= 0.3 is 0 Å². The molecule has 0 saturated carbocycles. The second-order valence-corrected chi connectivity index (χ2v) is 5.04. The van der Waals surface area contributed by atoms with Crippen LogP contribution in [0.5, 0.6) is 0 Å². The first kappa shape index (κ1) is 14.0. The molecule has 1 aliphatic rings. The van der Waals surface area contributed by atoms with Crippen LogP contribution in [-0.2, 0) is 9.47 Å². The van der Waals surface area contributed by atoms with E-state index < -0.39 is 0 Å². The van der Waals surface area contributed by atoms with Crippen molar-refractivity contribution in [2.75, 3.05) is 6.61 Å². The summed E-state index contributed by atoms with van der Waals surface area (Å²) in [6.07, 6.45) is 9.07. The van der Waals surface area contributed by atoms with Crippen LogP contribution in [0.2, 0.25) is 0 Å². The van der Waals surface area contributed by atoms with Crippen molar-refractivity contribution >= 4 is 0 Å². The van der Waals surface area contributed by atoms with Crippen LogP contribution in [0, 0.1) is 5.92 Å². The van der Waals surface area contributed by atoms with Crippen molar-refractivity contribution in [3.05, 3.63) is 0 Å². The lowest BCUT2D eigenvalue weighted by atomic mass is 9.99. The molecule has 0 aromatic rings. The molecule has 0 amide bonds. The fraction of sp³-hybridized carbons (Fsp3) is 1.00. The van der Waals surface area contributed by atoms with Crippen molar-refractivity contribution in [3.8, 4) is 0 Å². The quantitative estimate of drug-likeness (QED) is 0.581. The maximum atomic E-state index is 5.94. The van der Waals surface area contributed by atoms with E-state index >= 15 is 0 Å². The van der Waals surface area contributed by atoms with E-state index in [1.54, 1.807) is 0 Å². The predicted molar refractivity (Wildman–Crippen MR) is 67.4 cm³/mol. The molecule has 0 aliphatic carbocycles. The largest absolute Gasteiger partial charge is 0.353 e. The minimum atomic E-state index is 0.0770. The van der Waals surface area contributed by atoms with Gasteiger partial charge in [0.25, 0.3) is 0 Å². The Morgan fingerprint density at radius 2 is 1.88 bits per heavy atom. The maximum absolute atomic E-state index is 5.94. The van der Waals surface area contributed by atoms with Crippen molar-refractivity contribution in [1.82, 2.24) is 0 Å². The first-order chi connectivity index (χ1) is 7.77. The molecule has 0 aromatic carbocycles. The van der Waals surface area contributed by atoms with Gasteiger partial charge in [0.15, 0.2) is 6.29 Å². The fourth-order valence-corrected chi connectivity index (χ4v) is 2.25. The van der Waals surface area contributed by atoms with E-state index in [4.69, 9.17) is 9.47 Å². The van der Waals surface area contributed by atoms with E-state index in [2.05, 4.69) is 20.8 Å². The fourth-order valence-electron chi connectivity index (χ4n) is 2.25. The Hall–Kier alpha value is -0.0800. The molecule has 0 aromatic heterocycles. The van der Waals surface area contributed by atoms with Gasteiger partial charge < -0.3 is 9.47 Å². The first-order valence-electron chi connectivity index (χ1n) is 7.05.